The molecule has 216 valence electrons. The first-order valence-electron chi connectivity index (χ1n) is 14.1. The minimum absolute atomic E-state index is 0.0612. The van der Waals surface area contributed by atoms with E-state index in [0.717, 1.165) is 30.1 Å². The summed E-state index contributed by atoms with van der Waals surface area (Å²) in [5, 5.41) is 15.3. The fourth-order valence-electron chi connectivity index (χ4n) is 5.21. The normalized spacial score (nSPS) is 15.1. The highest BCUT2D eigenvalue weighted by atomic mass is 16.5. The molecule has 0 aliphatic carbocycles. The molecule has 5 rings (SSSR count). The van der Waals surface area contributed by atoms with Crippen molar-refractivity contribution in [2.45, 2.75) is 6.42 Å². The summed E-state index contributed by atoms with van der Waals surface area (Å²) in [4.78, 5) is 45.3. The minimum Gasteiger partial charge on any atom is -0.497 e. The third kappa shape index (κ3) is 6.70. The van der Waals surface area contributed by atoms with Crippen LogP contribution < -0.4 is 20.3 Å². The highest BCUT2D eigenvalue weighted by molar-refractivity contribution is 6.07. The number of piperazine rings is 2. The Kier molecular flexibility index (Phi) is 8.99. The Morgan fingerprint density at radius 1 is 0.857 bits per heavy atom. The molecule has 3 aromatic rings. The third-order valence-corrected chi connectivity index (χ3v) is 7.66. The maximum atomic E-state index is 13.3. The van der Waals surface area contributed by atoms with Crippen LogP contribution in [0.25, 0.3) is 0 Å². The van der Waals surface area contributed by atoms with E-state index in [1.165, 1.54) is 0 Å². The molecule has 0 bridgehead atoms. The molecular weight excluding hydrogens is 532 g/mol. The Balaban J connectivity index is 1.31. The van der Waals surface area contributed by atoms with Crippen molar-refractivity contribution < 1.29 is 19.1 Å². The van der Waals surface area contributed by atoms with Gasteiger partial charge in [-0.1, -0.05) is 12.1 Å². The van der Waals surface area contributed by atoms with E-state index in [-0.39, 0.29) is 17.7 Å². The zero-order valence-electron chi connectivity index (χ0n) is 23.6. The summed E-state index contributed by atoms with van der Waals surface area (Å²) in [6.07, 6.45) is 0.318. The molecule has 0 atom stereocenters. The van der Waals surface area contributed by atoms with Gasteiger partial charge in [-0.2, -0.15) is 5.26 Å². The van der Waals surface area contributed by atoms with Crippen LogP contribution in [-0.4, -0.2) is 87.0 Å². The molecule has 2 saturated heterocycles. The summed E-state index contributed by atoms with van der Waals surface area (Å²) in [7, 11) is 1.61. The van der Waals surface area contributed by atoms with Crippen molar-refractivity contribution in [2.24, 2.45) is 0 Å². The van der Waals surface area contributed by atoms with Gasteiger partial charge in [-0.3, -0.25) is 14.4 Å². The number of ether oxygens (including phenoxy) is 1. The number of anilines is 2. The lowest BCUT2D eigenvalue weighted by Gasteiger charge is -2.37. The standard InChI is InChI=1S/C32H34N6O4/c1-42-27-9-4-23(5-10-27)20-30(39)37-18-16-36(17-19-37)29-11-8-26(32(41)38-14-12-34-13-15-38)21-28(29)35-31(40)25-6-2-24(22-33)3-7-25/h2-11,21,34H,12-20H2,1H3,(H,35,40). The van der Waals surface area contributed by atoms with E-state index in [4.69, 9.17) is 10.00 Å². The van der Waals surface area contributed by atoms with Gasteiger partial charge in [0.15, 0.2) is 0 Å². The minimum atomic E-state index is -0.333. The number of nitrogens with one attached hydrogen (secondary N) is 2. The number of hydrogen-bond acceptors (Lipinski definition) is 7. The van der Waals surface area contributed by atoms with E-state index in [2.05, 4.69) is 21.6 Å². The quantitative estimate of drug-likeness (QED) is 0.452. The van der Waals surface area contributed by atoms with Crippen LogP contribution in [0.15, 0.2) is 66.7 Å². The Hall–Kier alpha value is -4.88. The van der Waals surface area contributed by atoms with Crippen LogP contribution in [-0.2, 0) is 11.2 Å². The second-order valence-corrected chi connectivity index (χ2v) is 10.3. The summed E-state index contributed by atoms with van der Waals surface area (Å²) < 4.78 is 5.20. The molecule has 10 heteroatoms. The van der Waals surface area contributed by atoms with Gasteiger partial charge < -0.3 is 30.1 Å². The lowest BCUT2D eigenvalue weighted by molar-refractivity contribution is -0.130. The van der Waals surface area contributed by atoms with Crippen LogP contribution >= 0.6 is 0 Å². The van der Waals surface area contributed by atoms with Gasteiger partial charge in [0.05, 0.1) is 36.5 Å². The van der Waals surface area contributed by atoms with Crippen molar-refractivity contribution in [2.75, 3.05) is 69.7 Å². The van der Waals surface area contributed by atoms with Crippen LogP contribution in [0.3, 0.4) is 0 Å². The number of nitriles is 1. The summed E-state index contributed by atoms with van der Waals surface area (Å²) in [5.41, 5.74) is 3.63. The topological polar surface area (TPSA) is 118 Å². The number of benzene rings is 3. The Morgan fingerprint density at radius 3 is 2.17 bits per heavy atom. The van der Waals surface area contributed by atoms with Crippen molar-refractivity contribution >= 4 is 29.1 Å². The smallest absolute Gasteiger partial charge is 0.255 e. The Morgan fingerprint density at radius 2 is 1.52 bits per heavy atom. The van der Waals surface area contributed by atoms with Crippen LogP contribution in [0.1, 0.15) is 31.8 Å². The molecule has 2 aliphatic rings. The highest BCUT2D eigenvalue weighted by Gasteiger charge is 2.25. The lowest BCUT2D eigenvalue weighted by Crippen LogP contribution is -2.49. The number of carbonyl (C=O) groups excluding carboxylic acids is 3. The van der Waals surface area contributed by atoms with Gasteiger partial charge in [0.25, 0.3) is 11.8 Å². The largest absolute Gasteiger partial charge is 0.497 e. The summed E-state index contributed by atoms with van der Waals surface area (Å²) in [6, 6.07) is 21.4. The molecule has 2 aliphatic heterocycles. The number of nitrogens with zero attached hydrogens (tertiary/aromatic N) is 4. The van der Waals surface area contributed by atoms with E-state index < -0.39 is 0 Å². The highest BCUT2D eigenvalue weighted by Crippen LogP contribution is 2.30. The van der Waals surface area contributed by atoms with E-state index in [1.807, 2.05) is 40.1 Å². The van der Waals surface area contributed by atoms with Gasteiger partial charge in [0.1, 0.15) is 5.75 Å². The van der Waals surface area contributed by atoms with Gasteiger partial charge in [0, 0.05) is 63.5 Å². The zero-order chi connectivity index (χ0) is 29.5. The molecule has 0 saturated carbocycles. The first-order valence-corrected chi connectivity index (χ1v) is 14.1. The van der Waals surface area contributed by atoms with E-state index in [1.54, 1.807) is 43.5 Å². The second-order valence-electron chi connectivity index (χ2n) is 10.3. The van der Waals surface area contributed by atoms with Crippen LogP contribution in [0.4, 0.5) is 11.4 Å². The SMILES string of the molecule is COc1ccc(CC(=O)N2CCN(c3ccc(C(=O)N4CCNCC4)cc3NC(=O)c3ccc(C#N)cc3)CC2)cc1. The van der Waals surface area contributed by atoms with Gasteiger partial charge in [0.2, 0.25) is 5.91 Å². The molecule has 2 fully saturated rings. The number of carbonyl (C=O) groups is 3. The van der Waals surface area contributed by atoms with Gasteiger partial charge in [-0.25, -0.2) is 0 Å². The van der Waals surface area contributed by atoms with Gasteiger partial charge in [-0.15, -0.1) is 0 Å². The number of amides is 3. The van der Waals surface area contributed by atoms with Crippen LogP contribution in [0, 0.1) is 11.3 Å². The summed E-state index contributed by atoms with van der Waals surface area (Å²) in [5.74, 6) is 0.403. The number of rotatable bonds is 7. The maximum absolute atomic E-state index is 13.3. The summed E-state index contributed by atoms with van der Waals surface area (Å²) in [6.45, 7) is 4.98. The molecule has 0 aromatic heterocycles. The van der Waals surface area contributed by atoms with Gasteiger partial charge >= 0.3 is 0 Å². The Bertz CT molecular complexity index is 1470. The fraction of sp³-hybridized carbons (Fsp3) is 0.312. The molecule has 42 heavy (non-hydrogen) atoms. The molecule has 0 radical (unpaired) electrons. The van der Waals surface area contributed by atoms with E-state index in [9.17, 15) is 14.4 Å². The molecular formula is C32H34N6O4. The van der Waals surface area contributed by atoms with Crippen molar-refractivity contribution in [1.82, 2.24) is 15.1 Å². The van der Waals surface area contributed by atoms with Crippen molar-refractivity contribution in [3.05, 3.63) is 89.0 Å². The van der Waals surface area contributed by atoms with Crippen LogP contribution in [0.5, 0.6) is 5.75 Å². The predicted molar refractivity (Wildman–Crippen MR) is 160 cm³/mol. The summed E-state index contributed by atoms with van der Waals surface area (Å²) >= 11 is 0. The molecule has 0 unspecified atom stereocenters. The molecule has 2 heterocycles. The maximum Gasteiger partial charge on any atom is 0.255 e. The molecule has 0 spiro atoms. The van der Waals surface area contributed by atoms with E-state index in [0.29, 0.717) is 68.1 Å². The Labute approximate surface area is 245 Å². The third-order valence-electron chi connectivity index (χ3n) is 7.66. The number of hydrogen-bond donors (Lipinski definition) is 2. The van der Waals surface area contributed by atoms with Crippen molar-refractivity contribution in [3.63, 3.8) is 0 Å². The van der Waals surface area contributed by atoms with Crippen molar-refractivity contribution in [1.29, 1.82) is 5.26 Å². The van der Waals surface area contributed by atoms with Crippen molar-refractivity contribution in [3.8, 4) is 11.8 Å². The lowest BCUT2D eigenvalue weighted by atomic mass is 10.1. The second kappa shape index (κ2) is 13.2. The van der Waals surface area contributed by atoms with Crippen LogP contribution in [0.2, 0.25) is 0 Å². The fourth-order valence-corrected chi connectivity index (χ4v) is 5.21. The number of methoxy groups -OCH3 is 1. The average molecular weight is 567 g/mol. The molecule has 3 aromatic carbocycles. The van der Waals surface area contributed by atoms with E-state index >= 15 is 0 Å². The monoisotopic (exact) mass is 566 g/mol. The molecule has 3 amide bonds. The average Bonchev–Trinajstić information content (AvgIpc) is 3.05. The first-order chi connectivity index (χ1) is 20.4. The first kappa shape index (κ1) is 28.6. The molecule has 2 N–H and O–H groups in total. The predicted octanol–water partition coefficient (Wildman–Crippen LogP) is 2.76. The molecule has 10 nitrogen and oxygen atoms in total. The zero-order valence-corrected chi connectivity index (χ0v) is 23.6. The van der Waals surface area contributed by atoms with Gasteiger partial charge in [-0.05, 0) is 60.2 Å².